The van der Waals surface area contributed by atoms with Crippen LogP contribution >= 0.6 is 11.6 Å². The molecule has 2 aliphatic rings. The molecule has 0 unspecified atom stereocenters. The van der Waals surface area contributed by atoms with Crippen LogP contribution in [0.25, 0.3) is 0 Å². The van der Waals surface area contributed by atoms with Crippen LogP contribution in [0.1, 0.15) is 39.1 Å². The van der Waals surface area contributed by atoms with Gasteiger partial charge in [-0.15, -0.1) is 0 Å². The molecule has 8 nitrogen and oxygen atoms in total. The highest BCUT2D eigenvalue weighted by atomic mass is 35.5. The van der Waals surface area contributed by atoms with Gasteiger partial charge in [0.05, 0.1) is 16.1 Å². The molecule has 0 aliphatic carbocycles. The second-order valence-corrected chi connectivity index (χ2v) is 10.3. The van der Waals surface area contributed by atoms with Gasteiger partial charge in [-0.2, -0.15) is 0 Å². The first-order valence-electron chi connectivity index (χ1n) is 13.3. The Kier molecular flexibility index (Phi) is 8.02. The van der Waals surface area contributed by atoms with Crippen molar-refractivity contribution < 1.29 is 14.4 Å². The molecule has 3 aromatic carbocycles. The van der Waals surface area contributed by atoms with Crippen LogP contribution in [0.3, 0.4) is 0 Å². The van der Waals surface area contributed by atoms with E-state index in [4.69, 9.17) is 11.6 Å². The lowest BCUT2D eigenvalue weighted by Gasteiger charge is -2.37. The molecule has 2 aliphatic heterocycles. The number of carbonyl (C=O) groups is 3. The average molecular weight is 546 g/mol. The lowest BCUT2D eigenvalue weighted by Crippen LogP contribution is -2.50. The van der Waals surface area contributed by atoms with E-state index >= 15 is 0 Å². The van der Waals surface area contributed by atoms with E-state index in [0.29, 0.717) is 48.0 Å². The number of hydrogen-bond acceptors (Lipinski definition) is 4. The normalized spacial score (nSPS) is 15.3. The Bertz CT molecular complexity index is 1360. The third-order valence-electron chi connectivity index (χ3n) is 7.21. The molecule has 0 saturated carbocycles. The van der Waals surface area contributed by atoms with Crippen molar-refractivity contribution in [3.05, 3.63) is 88.4 Å². The highest BCUT2D eigenvalue weighted by molar-refractivity contribution is 6.34. The maximum atomic E-state index is 13.6. The van der Waals surface area contributed by atoms with E-state index in [0.717, 1.165) is 42.9 Å². The van der Waals surface area contributed by atoms with Crippen LogP contribution in [0.4, 0.5) is 21.9 Å². The predicted molar refractivity (Wildman–Crippen MR) is 155 cm³/mol. The summed E-state index contributed by atoms with van der Waals surface area (Å²) >= 11 is 6.20. The van der Waals surface area contributed by atoms with E-state index in [1.807, 2.05) is 42.2 Å². The van der Waals surface area contributed by atoms with Gasteiger partial charge in [-0.25, -0.2) is 4.79 Å². The van der Waals surface area contributed by atoms with Crippen molar-refractivity contribution in [2.45, 2.75) is 19.8 Å². The standard InChI is InChI=1S/C30H32ClN5O3/c1-21-8-10-22(11-9-21)33-30(39)36-18-16-34(17-19-36)27-13-12-23(20-25(27)29(38)35-14-4-5-15-35)32-28(37)24-6-2-3-7-26(24)31/h2-3,6-13,20H,4-5,14-19H2,1H3,(H,32,37)(H,33,39). The Morgan fingerprint density at radius 3 is 2.08 bits per heavy atom. The number of nitrogens with zero attached hydrogens (tertiary/aromatic N) is 3. The van der Waals surface area contributed by atoms with Crippen LogP contribution in [0.5, 0.6) is 0 Å². The number of benzene rings is 3. The first kappa shape index (κ1) is 26.6. The Morgan fingerprint density at radius 1 is 0.718 bits per heavy atom. The maximum absolute atomic E-state index is 13.6. The molecular weight excluding hydrogens is 514 g/mol. The summed E-state index contributed by atoms with van der Waals surface area (Å²) in [6.07, 6.45) is 1.97. The molecule has 5 rings (SSSR count). The highest BCUT2D eigenvalue weighted by Crippen LogP contribution is 2.29. The van der Waals surface area contributed by atoms with Crippen molar-refractivity contribution in [1.82, 2.24) is 9.80 Å². The van der Waals surface area contributed by atoms with Gasteiger partial charge in [0.25, 0.3) is 11.8 Å². The van der Waals surface area contributed by atoms with Crippen LogP contribution in [0.15, 0.2) is 66.7 Å². The first-order chi connectivity index (χ1) is 18.9. The number of aryl methyl sites for hydroxylation is 1. The van der Waals surface area contributed by atoms with Crippen LogP contribution in [-0.4, -0.2) is 66.9 Å². The fourth-order valence-electron chi connectivity index (χ4n) is 4.99. The molecule has 0 bridgehead atoms. The van der Waals surface area contributed by atoms with Gasteiger partial charge in [-0.3, -0.25) is 9.59 Å². The minimum atomic E-state index is -0.332. The number of rotatable bonds is 5. The van der Waals surface area contributed by atoms with E-state index in [2.05, 4.69) is 15.5 Å². The van der Waals surface area contributed by atoms with E-state index < -0.39 is 0 Å². The number of likely N-dealkylation sites (tertiary alicyclic amines) is 1. The van der Waals surface area contributed by atoms with E-state index in [1.54, 1.807) is 41.3 Å². The second-order valence-electron chi connectivity index (χ2n) is 9.94. The summed E-state index contributed by atoms with van der Waals surface area (Å²) in [5.74, 6) is -0.378. The minimum Gasteiger partial charge on any atom is -0.367 e. The second kappa shape index (κ2) is 11.8. The van der Waals surface area contributed by atoms with Gasteiger partial charge >= 0.3 is 6.03 Å². The number of urea groups is 1. The van der Waals surface area contributed by atoms with Gasteiger partial charge in [0.1, 0.15) is 0 Å². The summed E-state index contributed by atoms with van der Waals surface area (Å²) in [6, 6.07) is 19.9. The quantitative estimate of drug-likeness (QED) is 0.444. The van der Waals surface area contributed by atoms with Gasteiger partial charge in [0, 0.05) is 56.3 Å². The smallest absolute Gasteiger partial charge is 0.321 e. The van der Waals surface area contributed by atoms with Crippen LogP contribution in [0, 0.1) is 6.92 Å². The largest absolute Gasteiger partial charge is 0.367 e. The van der Waals surface area contributed by atoms with Gasteiger partial charge < -0.3 is 25.3 Å². The number of anilines is 3. The molecule has 2 fully saturated rings. The van der Waals surface area contributed by atoms with Gasteiger partial charge in [0.2, 0.25) is 0 Å². The summed E-state index contributed by atoms with van der Waals surface area (Å²) in [4.78, 5) is 45.0. The SMILES string of the molecule is Cc1ccc(NC(=O)N2CCN(c3ccc(NC(=O)c4ccccc4Cl)cc3C(=O)N3CCCC3)CC2)cc1. The Balaban J connectivity index is 1.31. The van der Waals surface area contributed by atoms with Crippen molar-refractivity contribution in [3.63, 3.8) is 0 Å². The zero-order valence-electron chi connectivity index (χ0n) is 22.0. The molecule has 0 aromatic heterocycles. The third-order valence-corrected chi connectivity index (χ3v) is 7.54. The summed E-state index contributed by atoms with van der Waals surface area (Å²) < 4.78 is 0. The zero-order chi connectivity index (χ0) is 27.4. The fraction of sp³-hybridized carbons (Fsp3) is 0.300. The molecule has 3 aromatic rings. The zero-order valence-corrected chi connectivity index (χ0v) is 22.7. The third kappa shape index (κ3) is 6.17. The Morgan fingerprint density at radius 2 is 1.38 bits per heavy atom. The number of halogens is 1. The Hall–Kier alpha value is -4.04. The number of nitrogens with one attached hydrogen (secondary N) is 2. The molecule has 0 radical (unpaired) electrons. The monoisotopic (exact) mass is 545 g/mol. The molecule has 0 atom stereocenters. The number of carbonyl (C=O) groups excluding carboxylic acids is 3. The van der Waals surface area contributed by atoms with Gasteiger partial charge in [0.15, 0.2) is 0 Å². The first-order valence-corrected chi connectivity index (χ1v) is 13.6. The minimum absolute atomic E-state index is 0.0455. The van der Waals surface area contributed by atoms with Gasteiger partial charge in [-0.05, 0) is 62.2 Å². The summed E-state index contributed by atoms with van der Waals surface area (Å²) in [6.45, 7) is 5.69. The van der Waals surface area contributed by atoms with Crippen molar-refractivity contribution in [2.24, 2.45) is 0 Å². The fourth-order valence-corrected chi connectivity index (χ4v) is 5.21. The van der Waals surface area contributed by atoms with Crippen molar-refractivity contribution in [3.8, 4) is 0 Å². The molecule has 0 spiro atoms. The van der Waals surface area contributed by atoms with E-state index in [1.165, 1.54) is 0 Å². The lowest BCUT2D eigenvalue weighted by molar-refractivity contribution is 0.0792. The molecule has 4 amide bonds. The lowest BCUT2D eigenvalue weighted by atomic mass is 10.1. The molecule has 202 valence electrons. The topological polar surface area (TPSA) is 85.0 Å². The summed E-state index contributed by atoms with van der Waals surface area (Å²) in [7, 11) is 0. The molecular formula is C30H32ClN5O3. The molecule has 9 heteroatoms. The molecule has 2 heterocycles. The summed E-state index contributed by atoms with van der Waals surface area (Å²) in [5.41, 5.74) is 4.15. The van der Waals surface area contributed by atoms with E-state index in [-0.39, 0.29) is 17.8 Å². The molecule has 39 heavy (non-hydrogen) atoms. The highest BCUT2D eigenvalue weighted by Gasteiger charge is 2.28. The van der Waals surface area contributed by atoms with Gasteiger partial charge in [-0.1, -0.05) is 41.4 Å². The van der Waals surface area contributed by atoms with Crippen molar-refractivity contribution in [1.29, 1.82) is 0 Å². The predicted octanol–water partition coefficient (Wildman–Crippen LogP) is 5.49. The average Bonchev–Trinajstić information content (AvgIpc) is 3.49. The number of piperazine rings is 1. The number of hydrogen-bond donors (Lipinski definition) is 2. The molecule has 2 N–H and O–H groups in total. The van der Waals surface area contributed by atoms with E-state index in [9.17, 15) is 14.4 Å². The Labute approximate surface area is 233 Å². The van der Waals surface area contributed by atoms with Crippen LogP contribution < -0.4 is 15.5 Å². The van der Waals surface area contributed by atoms with Crippen LogP contribution in [0.2, 0.25) is 5.02 Å². The number of amides is 4. The molecule has 2 saturated heterocycles. The van der Waals surface area contributed by atoms with Crippen molar-refractivity contribution in [2.75, 3.05) is 54.8 Å². The van der Waals surface area contributed by atoms with Crippen molar-refractivity contribution >= 4 is 46.5 Å². The van der Waals surface area contributed by atoms with Crippen LogP contribution in [-0.2, 0) is 0 Å². The maximum Gasteiger partial charge on any atom is 0.321 e. The summed E-state index contributed by atoms with van der Waals surface area (Å²) in [5, 5.41) is 6.22.